The molecule has 1 N–H and O–H groups in total. The van der Waals surface area contributed by atoms with Crippen LogP contribution < -0.4 is 5.32 Å². The van der Waals surface area contributed by atoms with Gasteiger partial charge in [0.1, 0.15) is 16.9 Å². The number of hydrogen-bond acceptors (Lipinski definition) is 5. The van der Waals surface area contributed by atoms with Crippen molar-refractivity contribution >= 4 is 17.2 Å². The summed E-state index contributed by atoms with van der Waals surface area (Å²) in [4.78, 5) is 8.69. The molecular formula is C13H14N4S. The normalized spacial score (nSPS) is 11.0. The fourth-order valence-electron chi connectivity index (χ4n) is 1.62. The molecule has 4 nitrogen and oxygen atoms in total. The highest BCUT2D eigenvalue weighted by atomic mass is 32.1. The van der Waals surface area contributed by atoms with Gasteiger partial charge in [0.05, 0.1) is 11.1 Å². The van der Waals surface area contributed by atoms with Crippen molar-refractivity contribution in [2.75, 3.05) is 5.32 Å². The number of aryl methyl sites for hydroxylation is 1. The van der Waals surface area contributed by atoms with Crippen LogP contribution in [0.4, 0.5) is 5.82 Å². The summed E-state index contributed by atoms with van der Waals surface area (Å²) in [5.41, 5.74) is 1.08. The molecule has 2 aromatic rings. The van der Waals surface area contributed by atoms with Crippen molar-refractivity contribution in [1.29, 1.82) is 5.26 Å². The van der Waals surface area contributed by atoms with Crippen molar-refractivity contribution in [2.24, 2.45) is 0 Å². The third-order valence-corrected chi connectivity index (χ3v) is 3.65. The first-order chi connectivity index (χ1) is 8.53. The van der Waals surface area contributed by atoms with Gasteiger partial charge in [0, 0.05) is 17.3 Å². The van der Waals surface area contributed by atoms with Crippen LogP contribution >= 0.6 is 11.3 Å². The van der Waals surface area contributed by atoms with E-state index in [0.29, 0.717) is 11.4 Å². The van der Waals surface area contributed by atoms with E-state index in [4.69, 9.17) is 5.26 Å². The highest BCUT2D eigenvalue weighted by Crippen LogP contribution is 2.27. The second-order valence-corrected chi connectivity index (χ2v) is 5.44. The second-order valence-electron chi connectivity index (χ2n) is 4.55. The number of hydrogen-bond donors (Lipinski definition) is 1. The Morgan fingerprint density at radius 1 is 1.39 bits per heavy atom. The topological polar surface area (TPSA) is 61.6 Å². The van der Waals surface area contributed by atoms with Gasteiger partial charge >= 0.3 is 0 Å². The first-order valence-corrected chi connectivity index (χ1v) is 6.47. The molecule has 0 bridgehead atoms. The summed E-state index contributed by atoms with van der Waals surface area (Å²) < 4.78 is 0. The predicted octanol–water partition coefficient (Wildman–Crippen LogP) is 3.07. The van der Waals surface area contributed by atoms with Gasteiger partial charge in [-0.05, 0) is 32.9 Å². The van der Waals surface area contributed by atoms with Gasteiger partial charge in [0.15, 0.2) is 0 Å². The average Bonchev–Trinajstić information content (AvgIpc) is 2.83. The summed E-state index contributed by atoms with van der Waals surface area (Å²) in [7, 11) is 0. The van der Waals surface area contributed by atoms with E-state index in [1.165, 1.54) is 0 Å². The Balaban J connectivity index is 2.35. The Morgan fingerprint density at radius 3 is 2.78 bits per heavy atom. The molecule has 2 aromatic heterocycles. The molecule has 2 rings (SSSR count). The zero-order valence-electron chi connectivity index (χ0n) is 10.6. The number of nitriles is 1. The zero-order chi connectivity index (χ0) is 13.2. The van der Waals surface area contributed by atoms with E-state index in [2.05, 4.69) is 21.4 Å². The Kier molecular flexibility index (Phi) is 3.30. The monoisotopic (exact) mass is 258 g/mol. The van der Waals surface area contributed by atoms with E-state index in [1.54, 1.807) is 23.6 Å². The van der Waals surface area contributed by atoms with Gasteiger partial charge in [0.25, 0.3) is 0 Å². The molecule has 0 aliphatic rings. The van der Waals surface area contributed by atoms with Gasteiger partial charge in [-0.2, -0.15) is 5.26 Å². The molecule has 92 valence electrons. The quantitative estimate of drug-likeness (QED) is 0.919. The first kappa shape index (κ1) is 12.5. The van der Waals surface area contributed by atoms with Crippen molar-refractivity contribution < 1.29 is 0 Å². The van der Waals surface area contributed by atoms with Crippen LogP contribution in [0.1, 0.15) is 30.1 Å². The fourth-order valence-corrected chi connectivity index (χ4v) is 2.34. The molecule has 0 radical (unpaired) electrons. The summed E-state index contributed by atoms with van der Waals surface area (Å²) in [6.45, 7) is 5.96. The molecular weight excluding hydrogens is 244 g/mol. The number of anilines is 1. The van der Waals surface area contributed by atoms with Crippen molar-refractivity contribution in [3.05, 3.63) is 40.0 Å². The molecule has 0 atom stereocenters. The van der Waals surface area contributed by atoms with Crippen LogP contribution in [-0.4, -0.2) is 9.97 Å². The molecule has 0 amide bonds. The lowest BCUT2D eigenvalue weighted by molar-refractivity contribution is 0.600. The predicted molar refractivity (Wildman–Crippen MR) is 72.5 cm³/mol. The van der Waals surface area contributed by atoms with E-state index < -0.39 is 0 Å². The van der Waals surface area contributed by atoms with Crippen LogP contribution in [0.3, 0.4) is 0 Å². The maximum atomic E-state index is 9.09. The van der Waals surface area contributed by atoms with E-state index in [0.717, 1.165) is 10.7 Å². The number of nitrogens with zero attached hydrogens (tertiary/aromatic N) is 3. The third kappa shape index (κ3) is 2.49. The van der Waals surface area contributed by atoms with Crippen LogP contribution in [0.2, 0.25) is 0 Å². The average molecular weight is 258 g/mol. The minimum absolute atomic E-state index is 0.347. The lowest BCUT2D eigenvalue weighted by atomic mass is 10.1. The van der Waals surface area contributed by atoms with E-state index >= 15 is 0 Å². The highest BCUT2D eigenvalue weighted by Gasteiger charge is 2.24. The first-order valence-electron chi connectivity index (χ1n) is 5.59. The lowest BCUT2D eigenvalue weighted by Crippen LogP contribution is -2.28. The fraction of sp³-hybridized carbons (Fsp3) is 0.308. The molecule has 5 heteroatoms. The molecule has 0 aromatic carbocycles. The molecule has 0 saturated carbocycles. The minimum atomic E-state index is -0.347. The largest absolute Gasteiger partial charge is 0.358 e. The van der Waals surface area contributed by atoms with Gasteiger partial charge in [0.2, 0.25) is 0 Å². The second kappa shape index (κ2) is 4.75. The molecule has 0 saturated heterocycles. The van der Waals surface area contributed by atoms with E-state index in [1.807, 2.05) is 32.2 Å². The maximum Gasteiger partial charge on any atom is 0.144 e. The van der Waals surface area contributed by atoms with Crippen LogP contribution in [0.25, 0.3) is 0 Å². The van der Waals surface area contributed by atoms with Gasteiger partial charge in [-0.3, -0.25) is 0 Å². The Morgan fingerprint density at radius 2 is 2.17 bits per heavy atom. The van der Waals surface area contributed by atoms with E-state index in [-0.39, 0.29) is 5.54 Å². The van der Waals surface area contributed by atoms with Crippen LogP contribution in [-0.2, 0) is 5.54 Å². The van der Waals surface area contributed by atoms with Crippen LogP contribution in [0.5, 0.6) is 0 Å². The summed E-state index contributed by atoms with van der Waals surface area (Å²) in [5, 5.41) is 15.3. The lowest BCUT2D eigenvalue weighted by Gasteiger charge is -2.25. The molecule has 0 aliphatic carbocycles. The molecule has 18 heavy (non-hydrogen) atoms. The Hall–Kier alpha value is -1.93. The summed E-state index contributed by atoms with van der Waals surface area (Å²) in [6.07, 6.45) is 1.78. The van der Waals surface area contributed by atoms with E-state index in [9.17, 15) is 0 Å². The number of aromatic nitrogens is 2. The Bertz CT molecular complexity index is 582. The van der Waals surface area contributed by atoms with Crippen LogP contribution in [0.15, 0.2) is 23.7 Å². The van der Waals surface area contributed by atoms with Gasteiger partial charge in [-0.15, -0.1) is 11.3 Å². The molecule has 0 unspecified atom stereocenters. The van der Waals surface area contributed by atoms with Crippen molar-refractivity contribution in [1.82, 2.24) is 9.97 Å². The molecule has 0 fully saturated rings. The van der Waals surface area contributed by atoms with Gasteiger partial charge in [-0.1, -0.05) is 0 Å². The number of nitrogens with one attached hydrogen (secondary N) is 1. The number of thiazole rings is 1. The number of pyridine rings is 1. The van der Waals surface area contributed by atoms with Crippen molar-refractivity contribution in [2.45, 2.75) is 26.3 Å². The smallest absolute Gasteiger partial charge is 0.144 e. The van der Waals surface area contributed by atoms with Crippen LogP contribution in [0, 0.1) is 18.3 Å². The third-order valence-electron chi connectivity index (χ3n) is 2.55. The summed E-state index contributed by atoms with van der Waals surface area (Å²) in [5.74, 6) is 0.609. The molecule has 2 heterocycles. The SMILES string of the molecule is Cc1ccc(C#N)c(NC(C)(C)c2nccs2)n1. The zero-order valence-corrected chi connectivity index (χ0v) is 11.4. The van der Waals surface area contributed by atoms with Gasteiger partial charge < -0.3 is 5.32 Å². The summed E-state index contributed by atoms with van der Waals surface area (Å²) in [6, 6.07) is 5.76. The summed E-state index contributed by atoms with van der Waals surface area (Å²) >= 11 is 1.58. The van der Waals surface area contributed by atoms with Gasteiger partial charge in [-0.25, -0.2) is 9.97 Å². The minimum Gasteiger partial charge on any atom is -0.358 e. The van der Waals surface area contributed by atoms with Crippen molar-refractivity contribution in [3.63, 3.8) is 0 Å². The van der Waals surface area contributed by atoms with Crippen molar-refractivity contribution in [3.8, 4) is 6.07 Å². The molecule has 0 spiro atoms. The Labute approximate surface area is 110 Å². The highest BCUT2D eigenvalue weighted by molar-refractivity contribution is 7.09. The molecule has 0 aliphatic heterocycles. The maximum absolute atomic E-state index is 9.09. The number of rotatable bonds is 3. The standard InChI is InChI=1S/C13H14N4S/c1-9-4-5-10(8-14)11(16-9)17-13(2,3)12-15-6-7-18-12/h4-7H,1-3H3,(H,16,17).